The van der Waals surface area contributed by atoms with E-state index in [4.69, 9.17) is 4.74 Å². The van der Waals surface area contributed by atoms with Gasteiger partial charge in [-0.3, -0.25) is 4.31 Å². The second-order valence-corrected chi connectivity index (χ2v) is 9.18. The first-order valence-electron chi connectivity index (χ1n) is 9.67. The van der Waals surface area contributed by atoms with E-state index in [2.05, 4.69) is 0 Å². The first-order valence-corrected chi connectivity index (χ1v) is 11.1. The first-order chi connectivity index (χ1) is 14.6. The van der Waals surface area contributed by atoms with E-state index >= 15 is 0 Å². The van der Waals surface area contributed by atoms with Crippen molar-refractivity contribution in [2.75, 3.05) is 11.4 Å². The van der Waals surface area contributed by atoms with Crippen LogP contribution in [0.15, 0.2) is 59.6 Å². The maximum Gasteiger partial charge on any atom is 0.416 e. The van der Waals surface area contributed by atoms with Crippen LogP contribution in [0.1, 0.15) is 36.2 Å². The summed E-state index contributed by atoms with van der Waals surface area (Å²) in [6.45, 7) is 3.52. The molecule has 0 bridgehead atoms. The predicted molar refractivity (Wildman–Crippen MR) is 111 cm³/mol. The molecular weight excluding hydrogens is 429 g/mol. The van der Waals surface area contributed by atoms with Crippen molar-refractivity contribution >= 4 is 15.7 Å². The molecule has 9 heteroatoms. The summed E-state index contributed by atoms with van der Waals surface area (Å²) >= 11 is 0. The number of anilines is 1. The minimum absolute atomic E-state index is 0.00107. The van der Waals surface area contributed by atoms with E-state index in [1.807, 2.05) is 6.92 Å². The van der Waals surface area contributed by atoms with Crippen molar-refractivity contribution in [1.29, 1.82) is 0 Å². The summed E-state index contributed by atoms with van der Waals surface area (Å²) in [5, 5.41) is 0. The van der Waals surface area contributed by atoms with Crippen molar-refractivity contribution in [2.45, 2.75) is 37.4 Å². The van der Waals surface area contributed by atoms with E-state index < -0.39 is 27.8 Å². The lowest BCUT2D eigenvalue weighted by molar-refractivity contribution is -0.137. The zero-order valence-electron chi connectivity index (χ0n) is 17.1. The highest BCUT2D eigenvalue weighted by Gasteiger charge is 2.40. The summed E-state index contributed by atoms with van der Waals surface area (Å²) in [6.07, 6.45) is -2.49. The number of fused-ring (bicyclic) bond motifs is 3. The molecule has 0 aliphatic carbocycles. The maximum atomic E-state index is 13.8. The number of ether oxygens (including phenoxy) is 1. The van der Waals surface area contributed by atoms with Crippen molar-refractivity contribution in [3.63, 3.8) is 0 Å². The summed E-state index contributed by atoms with van der Waals surface area (Å²) in [7, 11) is -2.69. The van der Waals surface area contributed by atoms with Gasteiger partial charge in [0.1, 0.15) is 5.75 Å². The molecule has 1 aliphatic rings. The first kappa shape index (κ1) is 21.3. The SMILES string of the molecule is CCC1c2cccn2-c2ccc(C(F)(F)F)cc2N1S(=O)(=O)c1ccc(OC)c(C)c1. The van der Waals surface area contributed by atoms with Gasteiger partial charge in [0.05, 0.1) is 35.0 Å². The molecule has 2 heterocycles. The van der Waals surface area contributed by atoms with Gasteiger partial charge in [-0.25, -0.2) is 8.42 Å². The number of alkyl halides is 3. The Kier molecular flexibility index (Phi) is 5.04. The third kappa shape index (κ3) is 3.37. The molecule has 1 atom stereocenters. The molecule has 2 aromatic carbocycles. The number of sulfonamides is 1. The lowest BCUT2D eigenvalue weighted by Gasteiger charge is -2.38. The summed E-state index contributed by atoms with van der Waals surface area (Å²) in [4.78, 5) is -0.00684. The minimum Gasteiger partial charge on any atom is -0.496 e. The van der Waals surface area contributed by atoms with Gasteiger partial charge in [-0.05, 0) is 67.4 Å². The number of hydrogen-bond donors (Lipinski definition) is 0. The molecule has 0 fully saturated rings. The second-order valence-electron chi connectivity index (χ2n) is 7.36. The molecule has 0 saturated heterocycles. The van der Waals surface area contributed by atoms with Crippen LogP contribution in [-0.4, -0.2) is 20.1 Å². The van der Waals surface area contributed by atoms with E-state index in [9.17, 15) is 21.6 Å². The van der Waals surface area contributed by atoms with Gasteiger partial charge < -0.3 is 9.30 Å². The standard InChI is InChI=1S/C22H21F3N2O3S/c1-4-17-18-6-5-11-26(18)19-9-7-15(22(23,24)25)13-20(19)27(17)31(28,29)16-8-10-21(30-3)14(2)12-16/h5-13,17H,4H2,1-3H3. The minimum atomic E-state index is -4.60. The Hall–Kier alpha value is -2.94. The van der Waals surface area contributed by atoms with Crippen LogP contribution >= 0.6 is 0 Å². The van der Waals surface area contributed by atoms with Crippen molar-refractivity contribution < 1.29 is 26.3 Å². The summed E-state index contributed by atoms with van der Waals surface area (Å²) < 4.78 is 76.0. The van der Waals surface area contributed by atoms with Crippen LogP contribution in [0.5, 0.6) is 5.75 Å². The Bertz CT molecular complexity index is 1250. The Labute approximate surface area is 178 Å². The Morgan fingerprint density at radius 1 is 1.06 bits per heavy atom. The van der Waals surface area contributed by atoms with Crippen LogP contribution in [0.2, 0.25) is 0 Å². The molecule has 1 aromatic heterocycles. The molecule has 0 saturated carbocycles. The van der Waals surface area contributed by atoms with E-state index in [1.54, 1.807) is 35.9 Å². The fourth-order valence-corrected chi connectivity index (χ4v) is 5.84. The largest absolute Gasteiger partial charge is 0.496 e. The Morgan fingerprint density at radius 3 is 2.42 bits per heavy atom. The molecular formula is C22H21F3N2O3S. The molecule has 1 aliphatic heterocycles. The van der Waals surface area contributed by atoms with Crippen molar-refractivity contribution in [3.8, 4) is 11.4 Å². The normalized spacial score (nSPS) is 16.1. The highest BCUT2D eigenvalue weighted by atomic mass is 32.2. The third-order valence-electron chi connectivity index (χ3n) is 5.51. The van der Waals surface area contributed by atoms with Crippen LogP contribution in [0, 0.1) is 6.92 Å². The highest BCUT2D eigenvalue weighted by molar-refractivity contribution is 7.92. The van der Waals surface area contributed by atoms with E-state index in [1.165, 1.54) is 25.3 Å². The van der Waals surface area contributed by atoms with Gasteiger partial charge in [0.15, 0.2) is 0 Å². The van der Waals surface area contributed by atoms with Crippen molar-refractivity contribution in [2.24, 2.45) is 0 Å². The van der Waals surface area contributed by atoms with Crippen LogP contribution in [0.3, 0.4) is 0 Å². The second kappa shape index (κ2) is 7.33. The van der Waals surface area contributed by atoms with Crippen LogP contribution in [-0.2, 0) is 16.2 Å². The summed E-state index contributed by atoms with van der Waals surface area (Å²) in [5.74, 6) is 0.526. The zero-order valence-corrected chi connectivity index (χ0v) is 18.0. The number of nitrogens with zero attached hydrogens (tertiary/aromatic N) is 2. The molecule has 31 heavy (non-hydrogen) atoms. The average Bonchev–Trinajstić information content (AvgIpc) is 3.21. The predicted octanol–water partition coefficient (Wildman–Crippen LogP) is 5.47. The van der Waals surface area contributed by atoms with E-state index in [-0.39, 0.29) is 10.6 Å². The fraction of sp³-hybridized carbons (Fsp3) is 0.273. The smallest absolute Gasteiger partial charge is 0.416 e. The van der Waals surface area contributed by atoms with Gasteiger partial charge in [-0.1, -0.05) is 6.92 Å². The lowest BCUT2D eigenvalue weighted by atomic mass is 10.0. The number of aryl methyl sites for hydroxylation is 1. The zero-order chi connectivity index (χ0) is 22.6. The molecule has 164 valence electrons. The molecule has 3 aromatic rings. The monoisotopic (exact) mass is 450 g/mol. The highest BCUT2D eigenvalue weighted by Crippen LogP contribution is 2.46. The summed E-state index contributed by atoms with van der Waals surface area (Å²) in [5.41, 5.74) is 0.790. The number of aromatic nitrogens is 1. The number of benzene rings is 2. The van der Waals surface area contributed by atoms with E-state index in [0.717, 1.165) is 16.4 Å². The quantitative estimate of drug-likeness (QED) is 0.529. The maximum absolute atomic E-state index is 13.8. The van der Waals surface area contributed by atoms with Gasteiger partial charge >= 0.3 is 6.18 Å². The molecule has 0 N–H and O–H groups in total. The third-order valence-corrected chi connectivity index (χ3v) is 7.33. The van der Waals surface area contributed by atoms with Gasteiger partial charge in [-0.15, -0.1) is 0 Å². The Morgan fingerprint density at radius 2 is 1.81 bits per heavy atom. The van der Waals surface area contributed by atoms with Gasteiger partial charge in [0.2, 0.25) is 0 Å². The Balaban J connectivity index is 1.97. The molecule has 4 rings (SSSR count). The number of rotatable bonds is 4. The summed E-state index contributed by atoms with van der Waals surface area (Å²) in [6, 6.07) is 10.5. The molecule has 0 spiro atoms. The van der Waals surface area contributed by atoms with Gasteiger partial charge in [-0.2, -0.15) is 13.2 Å². The van der Waals surface area contributed by atoms with Gasteiger partial charge in [0.25, 0.3) is 10.0 Å². The molecule has 5 nitrogen and oxygen atoms in total. The molecule has 0 amide bonds. The fourth-order valence-electron chi connectivity index (χ4n) is 4.05. The van der Waals surface area contributed by atoms with E-state index in [0.29, 0.717) is 29.1 Å². The number of hydrogen-bond acceptors (Lipinski definition) is 3. The van der Waals surface area contributed by atoms with Crippen molar-refractivity contribution in [3.05, 3.63) is 71.5 Å². The van der Waals surface area contributed by atoms with Crippen LogP contribution in [0.4, 0.5) is 18.9 Å². The van der Waals surface area contributed by atoms with Crippen LogP contribution < -0.4 is 9.04 Å². The number of halogens is 3. The lowest BCUT2D eigenvalue weighted by Crippen LogP contribution is -2.39. The van der Waals surface area contributed by atoms with Gasteiger partial charge in [0, 0.05) is 11.9 Å². The average molecular weight is 450 g/mol. The molecule has 0 radical (unpaired) electrons. The van der Waals surface area contributed by atoms with Crippen molar-refractivity contribution in [1.82, 2.24) is 4.57 Å². The number of methoxy groups -OCH3 is 1. The van der Waals surface area contributed by atoms with Crippen LogP contribution in [0.25, 0.3) is 5.69 Å². The molecule has 1 unspecified atom stereocenters. The topological polar surface area (TPSA) is 51.5 Å².